The third-order valence-electron chi connectivity index (χ3n) is 5.86. The van der Waals surface area contributed by atoms with Crippen molar-refractivity contribution in [3.8, 4) is 5.75 Å². The number of fused-ring (bicyclic) bond motifs is 1. The summed E-state index contributed by atoms with van der Waals surface area (Å²) in [6, 6.07) is 11.3. The van der Waals surface area contributed by atoms with E-state index in [-0.39, 0.29) is 37.2 Å². The van der Waals surface area contributed by atoms with Crippen molar-refractivity contribution in [2.45, 2.75) is 37.9 Å². The van der Waals surface area contributed by atoms with E-state index < -0.39 is 12.1 Å². The van der Waals surface area contributed by atoms with Crippen LogP contribution in [0.3, 0.4) is 0 Å². The number of amides is 4. The van der Waals surface area contributed by atoms with Crippen LogP contribution in [0.2, 0.25) is 0 Å². The molecule has 1 fully saturated rings. The van der Waals surface area contributed by atoms with E-state index in [0.717, 1.165) is 11.3 Å². The molecule has 4 amide bonds. The molecule has 3 heterocycles. The third-order valence-corrected chi connectivity index (χ3v) is 6.51. The minimum Gasteiger partial charge on any atom is -0.497 e. The van der Waals surface area contributed by atoms with E-state index in [4.69, 9.17) is 4.74 Å². The Balaban J connectivity index is 1.35. The molecule has 184 valence electrons. The predicted molar refractivity (Wildman–Crippen MR) is 132 cm³/mol. The van der Waals surface area contributed by atoms with Gasteiger partial charge in [-0.15, -0.1) is 10.2 Å². The molecule has 11 heteroatoms. The maximum Gasteiger partial charge on any atom is 0.325 e. The molecule has 0 aliphatic carbocycles. The van der Waals surface area contributed by atoms with Crippen LogP contribution in [0.5, 0.6) is 5.75 Å². The van der Waals surface area contributed by atoms with Crippen molar-refractivity contribution in [3.05, 3.63) is 60.0 Å². The van der Waals surface area contributed by atoms with Crippen molar-refractivity contribution < 1.29 is 19.1 Å². The van der Waals surface area contributed by atoms with Crippen molar-refractivity contribution in [2.24, 2.45) is 0 Å². The number of pyridine rings is 1. The number of rotatable bonds is 11. The molecule has 35 heavy (non-hydrogen) atoms. The highest BCUT2D eigenvalue weighted by atomic mass is 32.2. The molecule has 0 radical (unpaired) electrons. The lowest BCUT2D eigenvalue weighted by molar-refractivity contribution is -0.128. The van der Waals surface area contributed by atoms with Gasteiger partial charge in [-0.05, 0) is 54.7 Å². The number of carbonyl (C=O) groups is 3. The molecule has 0 spiro atoms. The zero-order valence-corrected chi connectivity index (χ0v) is 20.5. The van der Waals surface area contributed by atoms with E-state index >= 15 is 0 Å². The zero-order chi connectivity index (χ0) is 24.8. The van der Waals surface area contributed by atoms with Crippen molar-refractivity contribution in [1.29, 1.82) is 0 Å². The van der Waals surface area contributed by atoms with Gasteiger partial charge in [-0.1, -0.05) is 18.2 Å². The summed E-state index contributed by atoms with van der Waals surface area (Å²) in [5, 5.41) is 14.2. The first-order chi connectivity index (χ1) is 17.0. The quantitative estimate of drug-likeness (QED) is 0.392. The molecule has 1 saturated heterocycles. The van der Waals surface area contributed by atoms with Crippen LogP contribution in [-0.2, 0) is 16.1 Å². The summed E-state index contributed by atoms with van der Waals surface area (Å²) in [5.74, 6) is 1.66. The van der Waals surface area contributed by atoms with Crippen molar-refractivity contribution in [1.82, 2.24) is 30.1 Å². The fraction of sp³-hybridized carbons (Fsp3) is 0.375. The smallest absolute Gasteiger partial charge is 0.325 e. The van der Waals surface area contributed by atoms with Crippen LogP contribution in [0.1, 0.15) is 36.7 Å². The van der Waals surface area contributed by atoms with Gasteiger partial charge < -0.3 is 15.4 Å². The second-order valence-corrected chi connectivity index (χ2v) is 9.19. The number of hydrogen-bond acceptors (Lipinski definition) is 7. The maximum atomic E-state index is 12.8. The summed E-state index contributed by atoms with van der Waals surface area (Å²) in [6.45, 7) is 0.161. The normalized spacial score (nSPS) is 16.4. The van der Waals surface area contributed by atoms with E-state index in [1.54, 1.807) is 31.0 Å². The lowest BCUT2D eigenvalue weighted by Gasteiger charge is -2.17. The first-order valence-corrected chi connectivity index (χ1v) is 12.7. The van der Waals surface area contributed by atoms with Gasteiger partial charge in [-0.25, -0.2) is 4.79 Å². The minimum absolute atomic E-state index is 0.0968. The number of aromatic nitrogens is 3. The standard InChI is InChI=1S/C24H28N6O4S/c1-34-17-8-6-16(7-9-17)15-30-23(32)19(26-24(30)33)10-11-21(31)25-18(12-14-35-2)22-28-27-20-5-3-4-13-29(20)22/h3-9,13,18-19H,10-12,14-15H2,1-2H3,(H,25,31)(H,26,33)/t18-,19?/m0/s1. The van der Waals surface area contributed by atoms with Gasteiger partial charge in [-0.2, -0.15) is 11.8 Å². The van der Waals surface area contributed by atoms with Crippen LogP contribution >= 0.6 is 11.8 Å². The molecule has 1 aromatic carbocycles. The largest absolute Gasteiger partial charge is 0.497 e. The average molecular weight is 497 g/mol. The molecule has 2 atom stereocenters. The Hall–Kier alpha value is -3.60. The van der Waals surface area contributed by atoms with Gasteiger partial charge in [0, 0.05) is 12.6 Å². The highest BCUT2D eigenvalue weighted by Crippen LogP contribution is 2.20. The summed E-state index contributed by atoms with van der Waals surface area (Å²) >= 11 is 1.68. The van der Waals surface area contributed by atoms with Gasteiger partial charge in [-0.3, -0.25) is 18.9 Å². The molecule has 4 rings (SSSR count). The molecule has 1 aliphatic heterocycles. The molecule has 2 N–H and O–H groups in total. The summed E-state index contributed by atoms with van der Waals surface area (Å²) in [5.41, 5.74) is 1.52. The Labute approximate surface area is 207 Å². The van der Waals surface area contributed by atoms with E-state index in [9.17, 15) is 14.4 Å². The van der Waals surface area contributed by atoms with Gasteiger partial charge in [0.1, 0.15) is 11.8 Å². The van der Waals surface area contributed by atoms with Gasteiger partial charge in [0.15, 0.2) is 11.5 Å². The summed E-state index contributed by atoms with van der Waals surface area (Å²) in [7, 11) is 1.58. The number of thioether (sulfide) groups is 1. The third kappa shape index (κ3) is 5.73. The lowest BCUT2D eigenvalue weighted by Crippen LogP contribution is -2.34. The lowest BCUT2D eigenvalue weighted by atomic mass is 10.1. The molecule has 1 unspecified atom stereocenters. The van der Waals surface area contributed by atoms with Gasteiger partial charge in [0.2, 0.25) is 5.91 Å². The number of carbonyl (C=O) groups excluding carboxylic acids is 3. The van der Waals surface area contributed by atoms with Crippen LogP contribution in [0.25, 0.3) is 5.65 Å². The highest BCUT2D eigenvalue weighted by Gasteiger charge is 2.38. The van der Waals surface area contributed by atoms with E-state index in [2.05, 4.69) is 20.8 Å². The topological polar surface area (TPSA) is 118 Å². The number of urea groups is 1. The summed E-state index contributed by atoms with van der Waals surface area (Å²) in [6.07, 6.45) is 4.88. The molecular formula is C24H28N6O4S. The summed E-state index contributed by atoms with van der Waals surface area (Å²) in [4.78, 5) is 39.2. The van der Waals surface area contributed by atoms with Gasteiger partial charge in [0.05, 0.1) is 19.7 Å². The molecule has 2 aromatic heterocycles. The Morgan fingerprint density at radius 3 is 2.74 bits per heavy atom. The Bertz CT molecular complexity index is 1200. The van der Waals surface area contributed by atoms with Gasteiger partial charge in [0.25, 0.3) is 5.91 Å². The van der Waals surface area contributed by atoms with Crippen molar-refractivity contribution >= 4 is 35.3 Å². The molecule has 3 aromatic rings. The Kier molecular flexibility index (Phi) is 7.86. The number of benzene rings is 1. The summed E-state index contributed by atoms with van der Waals surface area (Å²) < 4.78 is 7.00. The van der Waals surface area contributed by atoms with Gasteiger partial charge >= 0.3 is 6.03 Å². The van der Waals surface area contributed by atoms with Crippen molar-refractivity contribution in [3.63, 3.8) is 0 Å². The number of ether oxygens (including phenoxy) is 1. The fourth-order valence-electron chi connectivity index (χ4n) is 3.98. The van der Waals surface area contributed by atoms with Crippen molar-refractivity contribution in [2.75, 3.05) is 19.1 Å². The number of methoxy groups -OCH3 is 1. The van der Waals surface area contributed by atoms with E-state index in [1.807, 2.05) is 47.2 Å². The zero-order valence-electron chi connectivity index (χ0n) is 19.6. The van der Waals surface area contributed by atoms with Crippen LogP contribution < -0.4 is 15.4 Å². The molecule has 0 saturated carbocycles. The minimum atomic E-state index is -0.731. The van der Waals surface area contributed by atoms with E-state index in [0.29, 0.717) is 23.6 Å². The molecular weight excluding hydrogens is 468 g/mol. The number of nitrogens with one attached hydrogen (secondary N) is 2. The predicted octanol–water partition coefficient (Wildman–Crippen LogP) is 2.55. The monoisotopic (exact) mass is 496 g/mol. The second-order valence-electron chi connectivity index (χ2n) is 8.20. The Morgan fingerprint density at radius 2 is 2.00 bits per heavy atom. The molecule has 1 aliphatic rings. The van der Waals surface area contributed by atoms with E-state index in [1.165, 1.54) is 4.90 Å². The first-order valence-electron chi connectivity index (χ1n) is 11.3. The average Bonchev–Trinajstić information content (AvgIpc) is 3.42. The molecule has 0 bridgehead atoms. The van der Waals surface area contributed by atoms with Crippen LogP contribution in [0.15, 0.2) is 48.7 Å². The maximum absolute atomic E-state index is 12.8. The number of hydrogen-bond donors (Lipinski definition) is 2. The van der Waals surface area contributed by atoms with Crippen LogP contribution in [0, 0.1) is 0 Å². The SMILES string of the molecule is COc1ccc(CN2C(=O)NC(CCC(=O)N[C@@H](CCSC)c3nnc4ccccn34)C2=O)cc1. The Morgan fingerprint density at radius 1 is 1.20 bits per heavy atom. The number of nitrogens with zero attached hydrogens (tertiary/aromatic N) is 4. The molecule has 10 nitrogen and oxygen atoms in total. The first kappa shape index (κ1) is 24.5. The second kappa shape index (κ2) is 11.2. The van der Waals surface area contributed by atoms with Crippen LogP contribution in [-0.4, -0.2) is 62.5 Å². The van der Waals surface area contributed by atoms with Crippen LogP contribution in [0.4, 0.5) is 4.79 Å². The highest BCUT2D eigenvalue weighted by molar-refractivity contribution is 7.98. The fourth-order valence-corrected chi connectivity index (χ4v) is 4.45. The number of imide groups is 1.